The summed E-state index contributed by atoms with van der Waals surface area (Å²) < 4.78 is 0. The lowest BCUT2D eigenvalue weighted by atomic mass is 9.80. The Hall–Kier alpha value is -1.36. The highest BCUT2D eigenvalue weighted by molar-refractivity contribution is 5.92. The number of aromatic amines is 1. The zero-order valence-corrected chi connectivity index (χ0v) is 12.0. The third kappa shape index (κ3) is 2.46. The van der Waals surface area contributed by atoms with E-state index in [1.54, 1.807) is 6.07 Å². The number of aromatic nitrogens is 2. The second-order valence-electron chi connectivity index (χ2n) is 6.16. The van der Waals surface area contributed by atoms with Crippen molar-refractivity contribution in [2.45, 2.75) is 57.6 Å². The molecule has 2 heterocycles. The average molecular weight is 277 g/mol. The van der Waals surface area contributed by atoms with Gasteiger partial charge in [-0.3, -0.25) is 9.89 Å². The number of rotatable bonds is 2. The third-order valence-corrected chi connectivity index (χ3v) is 4.76. The number of aryl methyl sites for hydroxylation is 1. The quantitative estimate of drug-likeness (QED) is 0.867. The molecule has 0 spiro atoms. The van der Waals surface area contributed by atoms with E-state index < -0.39 is 0 Å². The van der Waals surface area contributed by atoms with E-state index in [2.05, 4.69) is 10.2 Å². The van der Waals surface area contributed by atoms with E-state index in [9.17, 15) is 9.90 Å². The van der Waals surface area contributed by atoms with Crippen LogP contribution >= 0.6 is 0 Å². The second kappa shape index (κ2) is 5.56. The lowest BCUT2D eigenvalue weighted by Gasteiger charge is -2.36. The summed E-state index contributed by atoms with van der Waals surface area (Å²) in [6.45, 7) is 2.69. The van der Waals surface area contributed by atoms with Crippen LogP contribution in [0.1, 0.15) is 54.7 Å². The molecule has 2 aliphatic rings. The normalized spacial score (nSPS) is 30.7. The van der Waals surface area contributed by atoms with Crippen molar-refractivity contribution in [2.24, 2.45) is 5.92 Å². The number of carbonyl (C=O) groups excluding carboxylic acids is 1. The molecular formula is C15H23N3O2. The highest BCUT2D eigenvalue weighted by atomic mass is 16.3. The molecule has 1 aliphatic heterocycles. The SMILES string of the molecule is Cc1cc(C(=O)N2CCCC2C2CCCCC2O)n[nH]1. The Morgan fingerprint density at radius 3 is 2.85 bits per heavy atom. The van der Waals surface area contributed by atoms with E-state index in [4.69, 9.17) is 0 Å². The predicted molar refractivity (Wildman–Crippen MR) is 75.3 cm³/mol. The first-order valence-corrected chi connectivity index (χ1v) is 7.68. The molecule has 3 unspecified atom stereocenters. The smallest absolute Gasteiger partial charge is 0.274 e. The van der Waals surface area contributed by atoms with Crippen molar-refractivity contribution in [3.8, 4) is 0 Å². The fourth-order valence-electron chi connectivity index (χ4n) is 3.75. The third-order valence-electron chi connectivity index (χ3n) is 4.76. The minimum absolute atomic E-state index is 0.00891. The number of amides is 1. The molecule has 1 aliphatic carbocycles. The molecule has 1 saturated heterocycles. The first kappa shape index (κ1) is 13.6. The number of H-pyrrole nitrogens is 1. The molecule has 2 fully saturated rings. The van der Waals surface area contributed by atoms with Gasteiger partial charge in [-0.2, -0.15) is 5.10 Å². The fourth-order valence-corrected chi connectivity index (χ4v) is 3.75. The number of likely N-dealkylation sites (tertiary alicyclic amines) is 1. The summed E-state index contributed by atoms with van der Waals surface area (Å²) in [5.41, 5.74) is 1.40. The number of nitrogens with one attached hydrogen (secondary N) is 1. The van der Waals surface area contributed by atoms with Gasteiger partial charge in [-0.1, -0.05) is 12.8 Å². The first-order chi connectivity index (χ1) is 9.66. The van der Waals surface area contributed by atoms with E-state index in [1.807, 2.05) is 11.8 Å². The molecule has 0 bridgehead atoms. The van der Waals surface area contributed by atoms with Crippen LogP contribution in [-0.4, -0.2) is 44.8 Å². The Morgan fingerprint density at radius 1 is 1.35 bits per heavy atom. The standard InChI is InChI=1S/C15H23N3O2/c1-10-9-12(17-16-10)15(20)18-8-4-6-13(18)11-5-2-3-7-14(11)19/h9,11,13-14,19H,2-8H2,1H3,(H,16,17). The summed E-state index contributed by atoms with van der Waals surface area (Å²) in [5.74, 6) is 0.255. The van der Waals surface area contributed by atoms with Gasteiger partial charge >= 0.3 is 0 Å². The Kier molecular flexibility index (Phi) is 3.78. The number of aliphatic hydroxyl groups is 1. The van der Waals surface area contributed by atoms with Crippen LogP contribution in [0.4, 0.5) is 0 Å². The highest BCUT2D eigenvalue weighted by Crippen LogP contribution is 2.35. The van der Waals surface area contributed by atoms with Crippen molar-refractivity contribution in [2.75, 3.05) is 6.54 Å². The van der Waals surface area contributed by atoms with Gasteiger partial charge in [0.1, 0.15) is 5.69 Å². The Labute approximate surface area is 119 Å². The molecule has 3 atom stereocenters. The number of carbonyl (C=O) groups is 1. The van der Waals surface area contributed by atoms with Crippen molar-refractivity contribution in [1.82, 2.24) is 15.1 Å². The van der Waals surface area contributed by atoms with Crippen LogP contribution in [0.15, 0.2) is 6.07 Å². The van der Waals surface area contributed by atoms with Crippen molar-refractivity contribution >= 4 is 5.91 Å². The maximum absolute atomic E-state index is 12.6. The molecule has 0 aromatic carbocycles. The van der Waals surface area contributed by atoms with E-state index in [0.717, 1.165) is 44.3 Å². The molecule has 1 amide bonds. The summed E-state index contributed by atoms with van der Waals surface area (Å²) in [4.78, 5) is 14.5. The Morgan fingerprint density at radius 2 is 2.15 bits per heavy atom. The summed E-state index contributed by atoms with van der Waals surface area (Å²) in [5, 5.41) is 17.2. The van der Waals surface area contributed by atoms with Gasteiger partial charge in [0.2, 0.25) is 0 Å². The lowest BCUT2D eigenvalue weighted by Crippen LogP contribution is -2.45. The molecule has 0 radical (unpaired) electrons. The van der Waals surface area contributed by atoms with Gasteiger partial charge in [0.25, 0.3) is 5.91 Å². The molecule has 3 rings (SSSR count). The fraction of sp³-hybridized carbons (Fsp3) is 0.733. The molecule has 1 aromatic heterocycles. The predicted octanol–water partition coefficient (Wildman–Crippen LogP) is 1.87. The summed E-state index contributed by atoms with van der Waals surface area (Å²) in [7, 11) is 0. The van der Waals surface area contributed by atoms with E-state index >= 15 is 0 Å². The maximum atomic E-state index is 12.6. The number of nitrogens with zero attached hydrogens (tertiary/aromatic N) is 2. The summed E-state index contributed by atoms with van der Waals surface area (Å²) in [6, 6.07) is 1.99. The lowest BCUT2D eigenvalue weighted by molar-refractivity contribution is 0.0209. The van der Waals surface area contributed by atoms with E-state index in [-0.39, 0.29) is 24.0 Å². The van der Waals surface area contributed by atoms with Gasteiger partial charge in [-0.15, -0.1) is 0 Å². The van der Waals surface area contributed by atoms with Crippen molar-refractivity contribution in [1.29, 1.82) is 0 Å². The molecule has 1 saturated carbocycles. The Balaban J connectivity index is 1.76. The molecule has 20 heavy (non-hydrogen) atoms. The second-order valence-corrected chi connectivity index (χ2v) is 6.16. The van der Waals surface area contributed by atoms with Crippen LogP contribution in [0.25, 0.3) is 0 Å². The van der Waals surface area contributed by atoms with E-state index in [0.29, 0.717) is 5.69 Å². The average Bonchev–Trinajstić information content (AvgIpc) is 3.07. The molecule has 1 aromatic rings. The Bertz CT molecular complexity index is 485. The zero-order valence-electron chi connectivity index (χ0n) is 12.0. The van der Waals surface area contributed by atoms with Gasteiger partial charge < -0.3 is 10.0 Å². The molecule has 5 nitrogen and oxygen atoms in total. The van der Waals surface area contributed by atoms with Gasteiger partial charge in [0, 0.05) is 24.2 Å². The van der Waals surface area contributed by atoms with Crippen LogP contribution in [0.3, 0.4) is 0 Å². The minimum atomic E-state index is -0.247. The monoisotopic (exact) mass is 277 g/mol. The van der Waals surface area contributed by atoms with Crippen LogP contribution in [0, 0.1) is 12.8 Å². The summed E-state index contributed by atoms with van der Waals surface area (Å²) in [6.07, 6.45) is 5.99. The number of hydrogen-bond donors (Lipinski definition) is 2. The van der Waals surface area contributed by atoms with E-state index in [1.165, 1.54) is 6.42 Å². The highest BCUT2D eigenvalue weighted by Gasteiger charge is 2.39. The zero-order chi connectivity index (χ0) is 14.1. The summed E-state index contributed by atoms with van der Waals surface area (Å²) >= 11 is 0. The first-order valence-electron chi connectivity index (χ1n) is 7.68. The number of aliphatic hydroxyl groups excluding tert-OH is 1. The molecular weight excluding hydrogens is 254 g/mol. The topological polar surface area (TPSA) is 69.2 Å². The van der Waals surface area contributed by atoms with Crippen LogP contribution in [0.5, 0.6) is 0 Å². The van der Waals surface area contributed by atoms with Crippen LogP contribution in [-0.2, 0) is 0 Å². The largest absolute Gasteiger partial charge is 0.393 e. The maximum Gasteiger partial charge on any atom is 0.274 e. The van der Waals surface area contributed by atoms with Crippen LogP contribution < -0.4 is 0 Å². The molecule has 2 N–H and O–H groups in total. The van der Waals surface area contributed by atoms with Gasteiger partial charge in [-0.05, 0) is 38.7 Å². The van der Waals surface area contributed by atoms with Gasteiger partial charge in [-0.25, -0.2) is 0 Å². The van der Waals surface area contributed by atoms with Crippen LogP contribution in [0.2, 0.25) is 0 Å². The number of hydrogen-bond acceptors (Lipinski definition) is 3. The van der Waals surface area contributed by atoms with Crippen molar-refractivity contribution in [3.05, 3.63) is 17.5 Å². The minimum Gasteiger partial charge on any atom is -0.393 e. The van der Waals surface area contributed by atoms with Crippen molar-refractivity contribution < 1.29 is 9.90 Å². The van der Waals surface area contributed by atoms with Gasteiger partial charge in [0.05, 0.1) is 6.10 Å². The van der Waals surface area contributed by atoms with Crippen molar-refractivity contribution in [3.63, 3.8) is 0 Å². The molecule has 110 valence electrons. The van der Waals surface area contributed by atoms with Gasteiger partial charge in [0.15, 0.2) is 0 Å². The molecule has 5 heteroatoms.